The van der Waals surface area contributed by atoms with Gasteiger partial charge in [0, 0.05) is 31.6 Å². The number of nitrogens with zero attached hydrogens (tertiary/aromatic N) is 2. The lowest BCUT2D eigenvalue weighted by atomic mass is 10.1. The van der Waals surface area contributed by atoms with E-state index in [0.717, 1.165) is 22.0 Å². The molecule has 1 aromatic heterocycles. The van der Waals surface area contributed by atoms with Gasteiger partial charge in [0.15, 0.2) is 0 Å². The third kappa shape index (κ3) is 4.14. The Hall–Kier alpha value is -3.21. The molecule has 0 aliphatic heterocycles. The maximum absolute atomic E-state index is 12.6. The number of amides is 2. The van der Waals surface area contributed by atoms with Crippen LogP contribution in [0.25, 0.3) is 10.9 Å². The molecule has 1 heterocycles. The van der Waals surface area contributed by atoms with Crippen LogP contribution in [0.15, 0.2) is 48.5 Å². The number of pyridine rings is 1. The Bertz CT molecular complexity index is 1010. The Morgan fingerprint density at radius 3 is 2.37 bits per heavy atom. The SMILES string of the molecule is Cc1ccc2nc(C)c(C(=O)NCc3ccc(C(=O)N(C)C)cc3)cc2c1. The van der Waals surface area contributed by atoms with Gasteiger partial charge in [-0.3, -0.25) is 14.6 Å². The van der Waals surface area contributed by atoms with Gasteiger partial charge in [-0.1, -0.05) is 23.8 Å². The molecule has 0 radical (unpaired) electrons. The van der Waals surface area contributed by atoms with Crippen LogP contribution >= 0.6 is 0 Å². The van der Waals surface area contributed by atoms with Crippen LogP contribution in [0.5, 0.6) is 0 Å². The number of carbonyl (C=O) groups excluding carboxylic acids is 2. The summed E-state index contributed by atoms with van der Waals surface area (Å²) in [6.45, 7) is 4.25. The number of rotatable bonds is 4. The maximum Gasteiger partial charge on any atom is 0.253 e. The summed E-state index contributed by atoms with van der Waals surface area (Å²) >= 11 is 0. The molecule has 3 rings (SSSR count). The van der Waals surface area contributed by atoms with Crippen LogP contribution in [-0.4, -0.2) is 35.8 Å². The largest absolute Gasteiger partial charge is 0.348 e. The zero-order valence-corrected chi connectivity index (χ0v) is 16.0. The number of hydrogen-bond donors (Lipinski definition) is 1. The molecular formula is C22H23N3O2. The Morgan fingerprint density at radius 2 is 1.70 bits per heavy atom. The van der Waals surface area contributed by atoms with E-state index >= 15 is 0 Å². The van der Waals surface area contributed by atoms with Gasteiger partial charge in [-0.2, -0.15) is 0 Å². The lowest BCUT2D eigenvalue weighted by Gasteiger charge is -2.11. The molecule has 0 fully saturated rings. The first-order valence-electron chi connectivity index (χ1n) is 8.82. The number of aromatic nitrogens is 1. The first-order chi connectivity index (χ1) is 12.8. The van der Waals surface area contributed by atoms with E-state index in [-0.39, 0.29) is 11.8 Å². The van der Waals surface area contributed by atoms with Gasteiger partial charge < -0.3 is 10.2 Å². The molecule has 0 saturated heterocycles. The molecule has 0 atom stereocenters. The Morgan fingerprint density at radius 1 is 1.00 bits per heavy atom. The van der Waals surface area contributed by atoms with Crippen molar-refractivity contribution in [3.63, 3.8) is 0 Å². The number of fused-ring (bicyclic) bond motifs is 1. The third-order valence-corrected chi connectivity index (χ3v) is 4.47. The van der Waals surface area contributed by atoms with Crippen LogP contribution in [0.3, 0.4) is 0 Å². The highest BCUT2D eigenvalue weighted by Gasteiger charge is 2.12. The van der Waals surface area contributed by atoms with E-state index in [1.165, 1.54) is 4.90 Å². The van der Waals surface area contributed by atoms with Crippen LogP contribution in [0, 0.1) is 13.8 Å². The molecule has 1 N–H and O–H groups in total. The quantitative estimate of drug-likeness (QED) is 0.774. The van der Waals surface area contributed by atoms with Gasteiger partial charge in [-0.05, 0) is 49.7 Å². The summed E-state index contributed by atoms with van der Waals surface area (Å²) in [4.78, 5) is 30.6. The normalized spacial score (nSPS) is 10.7. The van der Waals surface area contributed by atoms with E-state index in [1.54, 1.807) is 26.2 Å². The fraction of sp³-hybridized carbons (Fsp3) is 0.227. The maximum atomic E-state index is 12.6. The molecule has 27 heavy (non-hydrogen) atoms. The van der Waals surface area contributed by atoms with Crippen LogP contribution in [0.4, 0.5) is 0 Å². The van der Waals surface area contributed by atoms with Crippen molar-refractivity contribution in [2.75, 3.05) is 14.1 Å². The lowest BCUT2D eigenvalue weighted by molar-refractivity contribution is 0.0827. The summed E-state index contributed by atoms with van der Waals surface area (Å²) in [5, 5.41) is 3.89. The summed E-state index contributed by atoms with van der Waals surface area (Å²) in [6, 6.07) is 15.1. The van der Waals surface area contributed by atoms with E-state index in [1.807, 2.05) is 50.2 Å². The predicted octanol–water partition coefficient (Wildman–Crippen LogP) is 3.48. The van der Waals surface area contributed by atoms with Crippen LogP contribution < -0.4 is 5.32 Å². The van der Waals surface area contributed by atoms with Crippen molar-refractivity contribution in [1.82, 2.24) is 15.2 Å². The molecule has 0 bridgehead atoms. The molecule has 0 saturated carbocycles. The molecule has 5 nitrogen and oxygen atoms in total. The van der Waals surface area contributed by atoms with Gasteiger partial charge in [0.05, 0.1) is 16.8 Å². The molecule has 138 valence electrons. The summed E-state index contributed by atoms with van der Waals surface area (Å²) in [5.41, 5.74) is 4.85. The van der Waals surface area contributed by atoms with Crippen molar-refractivity contribution in [2.24, 2.45) is 0 Å². The van der Waals surface area contributed by atoms with Crippen molar-refractivity contribution in [1.29, 1.82) is 0 Å². The molecule has 0 aliphatic carbocycles. The highest BCUT2D eigenvalue weighted by molar-refractivity contribution is 5.98. The molecule has 0 unspecified atom stereocenters. The summed E-state index contributed by atoms with van der Waals surface area (Å²) in [7, 11) is 3.44. The lowest BCUT2D eigenvalue weighted by Crippen LogP contribution is -2.24. The van der Waals surface area contributed by atoms with Crippen molar-refractivity contribution in [3.8, 4) is 0 Å². The fourth-order valence-corrected chi connectivity index (χ4v) is 2.92. The fourth-order valence-electron chi connectivity index (χ4n) is 2.92. The molecule has 0 spiro atoms. The second-order valence-electron chi connectivity index (χ2n) is 6.90. The predicted molar refractivity (Wildman–Crippen MR) is 107 cm³/mol. The summed E-state index contributed by atoms with van der Waals surface area (Å²) in [6.07, 6.45) is 0. The minimum absolute atomic E-state index is 0.0428. The van der Waals surface area contributed by atoms with E-state index in [0.29, 0.717) is 23.4 Å². The van der Waals surface area contributed by atoms with Crippen LogP contribution in [-0.2, 0) is 6.54 Å². The van der Waals surface area contributed by atoms with Gasteiger partial charge in [-0.25, -0.2) is 0 Å². The molecule has 0 aliphatic rings. The Balaban J connectivity index is 1.73. The van der Waals surface area contributed by atoms with Crippen molar-refractivity contribution in [3.05, 3.63) is 76.5 Å². The monoisotopic (exact) mass is 361 g/mol. The van der Waals surface area contributed by atoms with Gasteiger partial charge >= 0.3 is 0 Å². The molecular weight excluding hydrogens is 338 g/mol. The second kappa shape index (κ2) is 7.58. The average molecular weight is 361 g/mol. The van der Waals surface area contributed by atoms with Crippen molar-refractivity contribution < 1.29 is 9.59 Å². The van der Waals surface area contributed by atoms with Crippen molar-refractivity contribution >= 4 is 22.7 Å². The first-order valence-corrected chi connectivity index (χ1v) is 8.82. The smallest absolute Gasteiger partial charge is 0.253 e. The number of carbonyl (C=O) groups is 2. The summed E-state index contributed by atoms with van der Waals surface area (Å²) in [5.74, 6) is -0.199. The van der Waals surface area contributed by atoms with E-state index in [2.05, 4.69) is 10.3 Å². The zero-order chi connectivity index (χ0) is 19.6. The first kappa shape index (κ1) is 18.6. The Labute approximate surface area is 159 Å². The number of benzene rings is 2. The molecule has 2 aromatic carbocycles. The van der Waals surface area contributed by atoms with Gasteiger partial charge in [0.2, 0.25) is 0 Å². The van der Waals surface area contributed by atoms with E-state index < -0.39 is 0 Å². The number of aryl methyl sites for hydroxylation is 2. The zero-order valence-electron chi connectivity index (χ0n) is 16.0. The van der Waals surface area contributed by atoms with Crippen LogP contribution in [0.1, 0.15) is 37.5 Å². The minimum Gasteiger partial charge on any atom is -0.348 e. The van der Waals surface area contributed by atoms with Gasteiger partial charge in [0.25, 0.3) is 11.8 Å². The van der Waals surface area contributed by atoms with Gasteiger partial charge in [0.1, 0.15) is 0 Å². The minimum atomic E-state index is -0.156. The molecule has 5 heteroatoms. The standard InChI is InChI=1S/C22H23N3O2/c1-14-5-10-20-18(11-14)12-19(15(2)24-20)21(26)23-13-16-6-8-17(9-7-16)22(27)25(3)4/h5-12H,13H2,1-4H3,(H,23,26). The average Bonchev–Trinajstić information content (AvgIpc) is 2.65. The van der Waals surface area contributed by atoms with Crippen molar-refractivity contribution in [2.45, 2.75) is 20.4 Å². The molecule has 2 amide bonds. The number of hydrogen-bond acceptors (Lipinski definition) is 3. The second-order valence-corrected chi connectivity index (χ2v) is 6.90. The highest BCUT2D eigenvalue weighted by Crippen LogP contribution is 2.18. The summed E-state index contributed by atoms with van der Waals surface area (Å²) < 4.78 is 0. The number of nitrogens with one attached hydrogen (secondary N) is 1. The Kier molecular flexibility index (Phi) is 5.21. The van der Waals surface area contributed by atoms with Gasteiger partial charge in [-0.15, -0.1) is 0 Å². The van der Waals surface area contributed by atoms with Crippen LogP contribution in [0.2, 0.25) is 0 Å². The topological polar surface area (TPSA) is 62.3 Å². The van der Waals surface area contributed by atoms with E-state index in [9.17, 15) is 9.59 Å². The highest BCUT2D eigenvalue weighted by atomic mass is 16.2. The molecule has 3 aromatic rings. The van der Waals surface area contributed by atoms with E-state index in [4.69, 9.17) is 0 Å². The third-order valence-electron chi connectivity index (χ3n) is 4.47.